The lowest BCUT2D eigenvalue weighted by Crippen LogP contribution is -1.90. The van der Waals surface area contributed by atoms with Crippen LogP contribution in [-0.2, 0) is 0 Å². The Kier molecular flexibility index (Phi) is 4.95. The van der Waals surface area contributed by atoms with Crippen LogP contribution in [0.15, 0.2) is 18.2 Å². The van der Waals surface area contributed by atoms with Crippen LogP contribution in [0.3, 0.4) is 0 Å². The summed E-state index contributed by atoms with van der Waals surface area (Å²) in [7, 11) is 0. The van der Waals surface area contributed by atoms with Gasteiger partial charge in [0.25, 0.3) is 5.06 Å². The number of hydrogen-bond acceptors (Lipinski definition) is 5. The van der Waals surface area contributed by atoms with E-state index in [0.717, 1.165) is 11.3 Å². The molecule has 0 bridgehead atoms. The average molecular weight is 369 g/mol. The maximum atomic E-state index is 11.0. The van der Waals surface area contributed by atoms with Crippen LogP contribution >= 0.6 is 46.1 Å². The van der Waals surface area contributed by atoms with Crippen LogP contribution in [0.5, 0.6) is 10.8 Å². The quantitative estimate of drug-likeness (QED) is 0.441. The monoisotopic (exact) mass is 367 g/mol. The number of ether oxygens (including phenoxy) is 1. The molecule has 1 aromatic heterocycles. The molecule has 0 spiro atoms. The molecule has 1 aromatic carbocycles. The first kappa shape index (κ1) is 16.3. The Balaban J connectivity index is 2.43. The zero-order chi connectivity index (χ0) is 15.7. The van der Waals surface area contributed by atoms with Crippen LogP contribution in [-0.4, -0.2) is 10.0 Å². The summed E-state index contributed by atoms with van der Waals surface area (Å²) in [6.45, 7) is 1.51. The van der Waals surface area contributed by atoms with E-state index in [1.54, 1.807) is 0 Å². The van der Waals surface area contributed by atoms with Crippen LogP contribution in [0.4, 0.5) is 5.69 Å². The Bertz CT molecular complexity index is 702. The molecular formula is C12H8Cl3NO4S. The zero-order valence-corrected chi connectivity index (χ0v) is 13.6. The standard InChI is InChI=1S/C12H8Cl3NO4S/c1-5(17)11-4-9(16(18)19)12(21-11)20-10-3-7(14)6(13)2-8(10)15/h2-5,17H,1H3/t5-/m0/s1. The molecule has 9 heteroatoms. The van der Waals surface area contributed by atoms with Crippen molar-refractivity contribution in [2.45, 2.75) is 13.0 Å². The summed E-state index contributed by atoms with van der Waals surface area (Å²) in [6.07, 6.45) is -0.838. The molecule has 2 aromatic rings. The number of thiophene rings is 1. The molecule has 21 heavy (non-hydrogen) atoms. The third-order valence-electron chi connectivity index (χ3n) is 2.48. The van der Waals surface area contributed by atoms with E-state index in [4.69, 9.17) is 39.5 Å². The number of aliphatic hydroxyl groups is 1. The van der Waals surface area contributed by atoms with Crippen LogP contribution in [0, 0.1) is 10.1 Å². The minimum atomic E-state index is -0.838. The van der Waals surface area contributed by atoms with E-state index < -0.39 is 11.0 Å². The molecular weight excluding hydrogens is 361 g/mol. The van der Waals surface area contributed by atoms with Crippen molar-refractivity contribution in [1.29, 1.82) is 0 Å². The van der Waals surface area contributed by atoms with Crippen LogP contribution < -0.4 is 4.74 Å². The molecule has 1 heterocycles. The van der Waals surface area contributed by atoms with E-state index in [-0.39, 0.29) is 31.6 Å². The molecule has 0 saturated heterocycles. The zero-order valence-electron chi connectivity index (χ0n) is 10.5. The van der Waals surface area contributed by atoms with Crippen molar-refractivity contribution in [2.75, 3.05) is 0 Å². The number of nitro groups is 1. The van der Waals surface area contributed by atoms with E-state index in [2.05, 4.69) is 0 Å². The van der Waals surface area contributed by atoms with Gasteiger partial charge >= 0.3 is 5.69 Å². The van der Waals surface area contributed by atoms with Gasteiger partial charge in [0.1, 0.15) is 5.75 Å². The molecule has 1 N–H and O–H groups in total. The second-order valence-electron chi connectivity index (χ2n) is 4.05. The molecule has 0 aliphatic carbocycles. The maximum Gasteiger partial charge on any atom is 0.323 e. The summed E-state index contributed by atoms with van der Waals surface area (Å²) in [5.41, 5.74) is -0.252. The van der Waals surface area contributed by atoms with Gasteiger partial charge in [-0.15, -0.1) is 0 Å². The van der Waals surface area contributed by atoms with Crippen LogP contribution in [0.25, 0.3) is 0 Å². The van der Waals surface area contributed by atoms with Gasteiger partial charge in [-0.25, -0.2) is 0 Å². The number of halogens is 3. The van der Waals surface area contributed by atoms with Crippen molar-refractivity contribution in [3.05, 3.63) is 48.3 Å². The van der Waals surface area contributed by atoms with Gasteiger partial charge < -0.3 is 9.84 Å². The second-order valence-corrected chi connectivity index (χ2v) is 6.32. The smallest absolute Gasteiger partial charge is 0.323 e. The number of hydrogen-bond donors (Lipinski definition) is 1. The van der Waals surface area contributed by atoms with Gasteiger partial charge in [-0.1, -0.05) is 46.1 Å². The molecule has 0 aliphatic rings. The maximum absolute atomic E-state index is 11.0. The normalized spacial score (nSPS) is 12.2. The van der Waals surface area contributed by atoms with Gasteiger partial charge in [-0.2, -0.15) is 0 Å². The highest BCUT2D eigenvalue weighted by molar-refractivity contribution is 7.14. The third kappa shape index (κ3) is 3.59. The van der Waals surface area contributed by atoms with Crippen molar-refractivity contribution >= 4 is 51.8 Å². The minimum Gasteiger partial charge on any atom is -0.438 e. The molecule has 112 valence electrons. The van der Waals surface area contributed by atoms with E-state index in [1.165, 1.54) is 25.1 Å². The number of nitrogens with zero attached hydrogens (tertiary/aromatic N) is 1. The average Bonchev–Trinajstić information content (AvgIpc) is 2.80. The molecule has 0 aliphatic heterocycles. The van der Waals surface area contributed by atoms with E-state index in [9.17, 15) is 15.2 Å². The Morgan fingerprint density at radius 1 is 1.24 bits per heavy atom. The lowest BCUT2D eigenvalue weighted by molar-refractivity contribution is -0.385. The topological polar surface area (TPSA) is 72.6 Å². The summed E-state index contributed by atoms with van der Waals surface area (Å²) >= 11 is 18.6. The summed E-state index contributed by atoms with van der Waals surface area (Å²) in [5.74, 6) is 0.146. The highest BCUT2D eigenvalue weighted by atomic mass is 35.5. The minimum absolute atomic E-state index is 0.0104. The van der Waals surface area contributed by atoms with E-state index >= 15 is 0 Å². The molecule has 0 radical (unpaired) electrons. The van der Waals surface area contributed by atoms with Crippen molar-refractivity contribution in [2.24, 2.45) is 0 Å². The van der Waals surface area contributed by atoms with Gasteiger partial charge in [0.2, 0.25) is 0 Å². The molecule has 0 fully saturated rings. The van der Waals surface area contributed by atoms with Crippen molar-refractivity contribution in [3.63, 3.8) is 0 Å². The number of benzene rings is 1. The van der Waals surface area contributed by atoms with Crippen molar-refractivity contribution < 1.29 is 14.8 Å². The fraction of sp³-hybridized carbons (Fsp3) is 0.167. The summed E-state index contributed by atoms with van der Waals surface area (Å²) < 4.78 is 5.46. The van der Waals surface area contributed by atoms with Gasteiger partial charge in [0.15, 0.2) is 0 Å². The summed E-state index contributed by atoms with van der Waals surface area (Å²) in [6, 6.07) is 4.02. The van der Waals surface area contributed by atoms with Crippen molar-refractivity contribution in [1.82, 2.24) is 0 Å². The fourth-order valence-electron chi connectivity index (χ4n) is 1.47. The predicted molar refractivity (Wildman–Crippen MR) is 83.2 cm³/mol. The van der Waals surface area contributed by atoms with Crippen LogP contribution in [0.2, 0.25) is 15.1 Å². The first-order chi connectivity index (χ1) is 9.79. The molecule has 0 unspecified atom stereocenters. The highest BCUT2D eigenvalue weighted by Crippen LogP contribution is 2.44. The highest BCUT2D eigenvalue weighted by Gasteiger charge is 2.24. The molecule has 2 rings (SSSR count). The fourth-order valence-corrected chi connectivity index (χ4v) is 2.97. The number of aliphatic hydroxyl groups excluding tert-OH is 1. The van der Waals surface area contributed by atoms with E-state index in [1.807, 2.05) is 0 Å². The largest absolute Gasteiger partial charge is 0.438 e. The molecule has 0 saturated carbocycles. The molecule has 1 atom stereocenters. The van der Waals surface area contributed by atoms with Gasteiger partial charge in [0, 0.05) is 17.0 Å². The Morgan fingerprint density at radius 3 is 2.43 bits per heavy atom. The number of rotatable bonds is 4. The first-order valence-electron chi connectivity index (χ1n) is 5.58. The molecule has 5 nitrogen and oxygen atoms in total. The van der Waals surface area contributed by atoms with Crippen molar-refractivity contribution in [3.8, 4) is 10.8 Å². The summed E-state index contributed by atoms with van der Waals surface area (Å²) in [5, 5.41) is 21.2. The Labute approximate surface area is 138 Å². The van der Waals surface area contributed by atoms with Crippen LogP contribution in [0.1, 0.15) is 17.9 Å². The lowest BCUT2D eigenvalue weighted by atomic mass is 10.3. The third-order valence-corrected chi connectivity index (χ3v) is 4.67. The Hall–Kier alpha value is -1.05. The summed E-state index contributed by atoms with van der Waals surface area (Å²) in [4.78, 5) is 10.8. The molecule has 0 amide bonds. The Morgan fingerprint density at radius 2 is 1.86 bits per heavy atom. The van der Waals surface area contributed by atoms with Gasteiger partial charge in [0.05, 0.1) is 26.1 Å². The SMILES string of the molecule is C[C@H](O)c1cc([N+](=O)[O-])c(Oc2cc(Cl)c(Cl)cc2Cl)s1. The van der Waals surface area contributed by atoms with Gasteiger partial charge in [-0.3, -0.25) is 10.1 Å². The second kappa shape index (κ2) is 6.37. The van der Waals surface area contributed by atoms with E-state index in [0.29, 0.717) is 4.88 Å². The predicted octanol–water partition coefficient (Wildman–Crippen LogP) is 5.46. The first-order valence-corrected chi connectivity index (χ1v) is 7.53. The van der Waals surface area contributed by atoms with Gasteiger partial charge in [-0.05, 0) is 13.0 Å². The lowest BCUT2D eigenvalue weighted by Gasteiger charge is -2.06.